The summed E-state index contributed by atoms with van der Waals surface area (Å²) in [6.07, 6.45) is -0.434. The van der Waals surface area contributed by atoms with E-state index in [1.54, 1.807) is 19.1 Å². The van der Waals surface area contributed by atoms with Gasteiger partial charge >= 0.3 is 6.09 Å². The van der Waals surface area contributed by atoms with E-state index >= 15 is 0 Å². The number of carbonyl (C=O) groups is 2. The van der Waals surface area contributed by atoms with Gasteiger partial charge < -0.3 is 14.5 Å². The molecule has 12 heteroatoms. The molecule has 1 aliphatic heterocycles. The number of benzene rings is 2. The van der Waals surface area contributed by atoms with Gasteiger partial charge in [0.2, 0.25) is 0 Å². The predicted molar refractivity (Wildman–Crippen MR) is 115 cm³/mol. The summed E-state index contributed by atoms with van der Waals surface area (Å²) in [6.45, 7) is 3.15. The van der Waals surface area contributed by atoms with Crippen LogP contribution in [0.2, 0.25) is 0 Å². The zero-order valence-corrected chi connectivity index (χ0v) is 18.1. The lowest BCUT2D eigenvalue weighted by molar-refractivity contribution is -0.384. The molecule has 0 aromatic heterocycles. The highest BCUT2D eigenvalue weighted by atomic mass is 32.2. The van der Waals surface area contributed by atoms with Gasteiger partial charge in [0.05, 0.1) is 27.7 Å². The number of nitro benzene ring substituents is 1. The predicted octanol–water partition coefficient (Wildman–Crippen LogP) is 2.31. The first-order valence-electron chi connectivity index (χ1n) is 9.80. The van der Waals surface area contributed by atoms with Crippen LogP contribution < -0.4 is 4.72 Å². The Morgan fingerprint density at radius 2 is 1.62 bits per heavy atom. The summed E-state index contributed by atoms with van der Waals surface area (Å²) in [5, 5.41) is 10.8. The monoisotopic (exact) mass is 462 g/mol. The number of para-hydroxylation sites is 1. The summed E-state index contributed by atoms with van der Waals surface area (Å²) in [6, 6.07) is 10.6. The Labute approximate surface area is 184 Å². The molecule has 2 amide bonds. The highest BCUT2D eigenvalue weighted by Crippen LogP contribution is 2.23. The number of hydrogen-bond acceptors (Lipinski definition) is 7. The second kappa shape index (κ2) is 9.64. The molecule has 0 atom stereocenters. The zero-order chi connectivity index (χ0) is 23.3. The van der Waals surface area contributed by atoms with Gasteiger partial charge in [0.15, 0.2) is 0 Å². The Morgan fingerprint density at radius 1 is 1.03 bits per heavy atom. The topological polar surface area (TPSA) is 139 Å². The first-order valence-corrected chi connectivity index (χ1v) is 11.3. The number of anilines is 1. The lowest BCUT2D eigenvalue weighted by Gasteiger charge is -2.34. The lowest BCUT2D eigenvalue weighted by Crippen LogP contribution is -2.50. The van der Waals surface area contributed by atoms with E-state index in [2.05, 4.69) is 4.72 Å². The average Bonchev–Trinajstić information content (AvgIpc) is 2.79. The van der Waals surface area contributed by atoms with Crippen LogP contribution in [0.25, 0.3) is 0 Å². The maximum atomic E-state index is 13.0. The molecule has 1 saturated heterocycles. The molecule has 0 saturated carbocycles. The number of ether oxygens (including phenoxy) is 1. The fourth-order valence-electron chi connectivity index (χ4n) is 3.19. The SMILES string of the molecule is CCOC(=O)N1CCN(C(=O)c2ccccc2NS(=O)(=O)c2ccc([N+](=O)[O-])cc2)CC1. The highest BCUT2D eigenvalue weighted by Gasteiger charge is 2.27. The standard InChI is InChI=1S/C20H22N4O7S/c1-2-31-20(26)23-13-11-22(12-14-23)19(25)17-5-3-4-6-18(17)21-32(29,30)16-9-7-15(8-10-16)24(27)28/h3-10,21H,2,11-14H2,1H3. The molecule has 32 heavy (non-hydrogen) atoms. The summed E-state index contributed by atoms with van der Waals surface area (Å²) in [5.74, 6) is -0.379. The molecule has 2 aromatic carbocycles. The average molecular weight is 462 g/mol. The number of rotatable bonds is 6. The summed E-state index contributed by atoms with van der Waals surface area (Å²) in [5.41, 5.74) is 0.00716. The Morgan fingerprint density at radius 3 is 2.22 bits per heavy atom. The second-order valence-electron chi connectivity index (χ2n) is 6.88. The summed E-state index contributed by atoms with van der Waals surface area (Å²) in [7, 11) is -4.08. The van der Waals surface area contributed by atoms with Crippen molar-refractivity contribution < 1.29 is 27.7 Å². The van der Waals surface area contributed by atoms with Crippen LogP contribution in [-0.2, 0) is 14.8 Å². The second-order valence-corrected chi connectivity index (χ2v) is 8.56. The van der Waals surface area contributed by atoms with E-state index in [1.807, 2.05) is 0 Å². The molecular weight excluding hydrogens is 440 g/mol. The number of amides is 2. The van der Waals surface area contributed by atoms with E-state index in [9.17, 15) is 28.1 Å². The smallest absolute Gasteiger partial charge is 0.409 e. The first kappa shape index (κ1) is 23.0. The molecule has 1 heterocycles. The fraction of sp³-hybridized carbons (Fsp3) is 0.300. The van der Waals surface area contributed by atoms with Crippen molar-refractivity contribution in [2.45, 2.75) is 11.8 Å². The molecule has 0 aliphatic carbocycles. The number of nitrogens with zero attached hydrogens (tertiary/aromatic N) is 3. The number of sulfonamides is 1. The van der Waals surface area contributed by atoms with Crippen molar-refractivity contribution in [3.8, 4) is 0 Å². The van der Waals surface area contributed by atoms with Gasteiger partial charge in [0.25, 0.3) is 21.6 Å². The Bertz CT molecular complexity index is 1110. The molecule has 1 fully saturated rings. The third-order valence-corrected chi connectivity index (χ3v) is 6.23. The normalized spacial score (nSPS) is 14.0. The summed E-state index contributed by atoms with van der Waals surface area (Å²) in [4.78, 5) is 37.9. The van der Waals surface area contributed by atoms with Crippen molar-refractivity contribution in [3.05, 3.63) is 64.2 Å². The zero-order valence-electron chi connectivity index (χ0n) is 17.3. The van der Waals surface area contributed by atoms with Gasteiger partial charge in [-0.2, -0.15) is 0 Å². The molecule has 170 valence electrons. The summed E-state index contributed by atoms with van der Waals surface area (Å²) >= 11 is 0. The van der Waals surface area contributed by atoms with Gasteiger partial charge in [-0.3, -0.25) is 19.6 Å². The van der Waals surface area contributed by atoms with E-state index in [1.165, 1.54) is 21.9 Å². The largest absolute Gasteiger partial charge is 0.450 e. The quantitative estimate of drug-likeness (QED) is 0.513. The fourth-order valence-corrected chi connectivity index (χ4v) is 4.27. The van der Waals surface area contributed by atoms with Crippen molar-refractivity contribution in [3.63, 3.8) is 0 Å². The van der Waals surface area contributed by atoms with Crippen LogP contribution in [0.4, 0.5) is 16.2 Å². The number of hydrogen-bond donors (Lipinski definition) is 1. The minimum Gasteiger partial charge on any atom is -0.450 e. The van der Waals surface area contributed by atoms with Crippen LogP contribution in [0, 0.1) is 10.1 Å². The van der Waals surface area contributed by atoms with Gasteiger partial charge in [-0.25, -0.2) is 13.2 Å². The number of non-ortho nitro benzene ring substituents is 1. The maximum Gasteiger partial charge on any atom is 0.409 e. The van der Waals surface area contributed by atoms with E-state index < -0.39 is 21.0 Å². The molecule has 3 rings (SSSR count). The third-order valence-electron chi connectivity index (χ3n) is 4.85. The van der Waals surface area contributed by atoms with Crippen molar-refractivity contribution in [2.24, 2.45) is 0 Å². The number of piperazine rings is 1. The van der Waals surface area contributed by atoms with Crippen molar-refractivity contribution in [1.82, 2.24) is 9.80 Å². The first-order chi connectivity index (χ1) is 15.2. The Balaban J connectivity index is 1.75. The maximum absolute atomic E-state index is 13.0. The lowest BCUT2D eigenvalue weighted by atomic mass is 10.1. The van der Waals surface area contributed by atoms with E-state index in [0.29, 0.717) is 13.1 Å². The molecule has 0 spiro atoms. The van der Waals surface area contributed by atoms with Gasteiger partial charge in [-0.05, 0) is 31.2 Å². The molecular formula is C20H22N4O7S. The highest BCUT2D eigenvalue weighted by molar-refractivity contribution is 7.92. The number of nitrogens with one attached hydrogen (secondary N) is 1. The van der Waals surface area contributed by atoms with Crippen LogP contribution in [0.15, 0.2) is 53.4 Å². The minimum atomic E-state index is -4.08. The third kappa shape index (κ3) is 5.14. The van der Waals surface area contributed by atoms with Crippen LogP contribution in [-0.4, -0.2) is 67.9 Å². The van der Waals surface area contributed by atoms with Gasteiger partial charge in [-0.1, -0.05) is 12.1 Å². The molecule has 1 N–H and O–H groups in total. The number of carbonyl (C=O) groups excluding carboxylic acids is 2. The molecule has 0 unspecified atom stereocenters. The van der Waals surface area contributed by atoms with Gasteiger partial charge in [0.1, 0.15) is 0 Å². The van der Waals surface area contributed by atoms with Crippen molar-refractivity contribution >= 4 is 33.4 Å². The van der Waals surface area contributed by atoms with Crippen molar-refractivity contribution in [1.29, 1.82) is 0 Å². The summed E-state index contributed by atoms with van der Waals surface area (Å²) < 4.78 is 32.9. The molecule has 2 aromatic rings. The Kier molecular flexibility index (Phi) is 6.93. The molecule has 0 radical (unpaired) electrons. The van der Waals surface area contributed by atoms with Crippen LogP contribution in [0.3, 0.4) is 0 Å². The minimum absolute atomic E-state index is 0.0867. The Hall–Kier alpha value is -3.67. The number of nitro groups is 1. The van der Waals surface area contributed by atoms with E-state index in [0.717, 1.165) is 24.3 Å². The molecule has 11 nitrogen and oxygen atoms in total. The van der Waals surface area contributed by atoms with Gasteiger partial charge in [-0.15, -0.1) is 0 Å². The van der Waals surface area contributed by atoms with Crippen LogP contribution in [0.5, 0.6) is 0 Å². The van der Waals surface area contributed by atoms with E-state index in [-0.39, 0.29) is 47.4 Å². The van der Waals surface area contributed by atoms with E-state index in [4.69, 9.17) is 4.74 Å². The van der Waals surface area contributed by atoms with Crippen LogP contribution >= 0.6 is 0 Å². The molecule has 1 aliphatic rings. The van der Waals surface area contributed by atoms with Crippen molar-refractivity contribution in [2.75, 3.05) is 37.5 Å². The van der Waals surface area contributed by atoms with Crippen LogP contribution in [0.1, 0.15) is 17.3 Å². The molecule has 0 bridgehead atoms. The van der Waals surface area contributed by atoms with Gasteiger partial charge in [0, 0.05) is 38.3 Å².